The number of benzene rings is 2. The van der Waals surface area contributed by atoms with E-state index in [9.17, 15) is 9.59 Å². The quantitative estimate of drug-likeness (QED) is 0.880. The minimum absolute atomic E-state index is 0.00347. The number of amides is 2. The van der Waals surface area contributed by atoms with Gasteiger partial charge in [0.1, 0.15) is 0 Å². The molecule has 5 heteroatoms. The first-order chi connectivity index (χ1) is 12.2. The smallest absolute Gasteiger partial charge is 0.246 e. The molecule has 5 nitrogen and oxygen atoms in total. The largest absolute Gasteiger partial charge is 0.374 e. The van der Waals surface area contributed by atoms with Gasteiger partial charge in [-0.15, -0.1) is 0 Å². The molecule has 1 aliphatic rings. The summed E-state index contributed by atoms with van der Waals surface area (Å²) < 4.78 is 0. The Hall–Kier alpha value is -2.82. The number of carbonyl (C=O) groups is 2. The Morgan fingerprint density at radius 2 is 1.84 bits per heavy atom. The molecule has 0 saturated carbocycles. The zero-order valence-electron chi connectivity index (χ0n) is 14.4. The maximum absolute atomic E-state index is 12.6. The highest BCUT2D eigenvalue weighted by Crippen LogP contribution is 2.29. The van der Waals surface area contributed by atoms with E-state index < -0.39 is 0 Å². The summed E-state index contributed by atoms with van der Waals surface area (Å²) in [6, 6.07) is 17.3. The minimum Gasteiger partial charge on any atom is -0.374 e. The molecular weight excluding hydrogens is 314 g/mol. The Balaban J connectivity index is 1.71. The van der Waals surface area contributed by atoms with Crippen LogP contribution >= 0.6 is 0 Å². The second-order valence-electron chi connectivity index (χ2n) is 5.99. The molecule has 1 heterocycles. The molecule has 0 radical (unpaired) electrons. The van der Waals surface area contributed by atoms with Crippen LogP contribution in [-0.4, -0.2) is 31.4 Å². The maximum Gasteiger partial charge on any atom is 0.246 e. The second-order valence-corrected chi connectivity index (χ2v) is 5.99. The summed E-state index contributed by atoms with van der Waals surface area (Å²) in [5, 5.41) is 3.21. The zero-order chi connectivity index (χ0) is 17.6. The maximum atomic E-state index is 12.6. The number of rotatable bonds is 6. The molecule has 1 aliphatic heterocycles. The molecule has 0 spiro atoms. The highest BCUT2D eigenvalue weighted by molar-refractivity contribution is 6.00. The van der Waals surface area contributed by atoms with Crippen molar-refractivity contribution in [3.05, 3.63) is 54.6 Å². The lowest BCUT2D eigenvalue weighted by atomic mass is 10.2. The molecule has 130 valence electrons. The van der Waals surface area contributed by atoms with Gasteiger partial charge in [-0.25, -0.2) is 0 Å². The van der Waals surface area contributed by atoms with Gasteiger partial charge in [0.05, 0.1) is 17.9 Å². The van der Waals surface area contributed by atoms with Crippen LogP contribution in [0.2, 0.25) is 0 Å². The lowest BCUT2D eigenvalue weighted by molar-refractivity contribution is -0.117. The van der Waals surface area contributed by atoms with E-state index in [4.69, 9.17) is 0 Å². The molecule has 1 saturated heterocycles. The molecule has 25 heavy (non-hydrogen) atoms. The average molecular weight is 337 g/mol. The Morgan fingerprint density at radius 3 is 2.52 bits per heavy atom. The standard InChI is InChI=1S/C20H23N3O2/c1-2-22(16-9-4-3-5-10-16)20(25)15-21-17-11-6-7-12-18(17)23-14-8-13-19(23)24/h3-7,9-12,21H,2,8,13-15H2,1H3. The number of carbonyl (C=O) groups excluding carboxylic acids is 2. The molecule has 1 fully saturated rings. The van der Waals surface area contributed by atoms with Crippen LogP contribution in [0.5, 0.6) is 0 Å². The SMILES string of the molecule is CCN(C(=O)CNc1ccccc1N1CCCC1=O)c1ccccc1. The monoisotopic (exact) mass is 337 g/mol. The molecular formula is C20H23N3O2. The predicted octanol–water partition coefficient (Wildman–Crippen LogP) is 3.28. The summed E-state index contributed by atoms with van der Waals surface area (Å²) in [5.41, 5.74) is 2.55. The van der Waals surface area contributed by atoms with Crippen LogP contribution in [0.1, 0.15) is 19.8 Å². The Labute approximate surface area is 148 Å². The summed E-state index contributed by atoms with van der Waals surface area (Å²) >= 11 is 0. The van der Waals surface area contributed by atoms with Crippen molar-refractivity contribution < 1.29 is 9.59 Å². The highest BCUT2D eigenvalue weighted by Gasteiger charge is 2.24. The molecule has 0 bridgehead atoms. The molecule has 3 rings (SSSR count). The molecule has 0 unspecified atom stereocenters. The van der Waals surface area contributed by atoms with Crippen molar-refractivity contribution in [2.45, 2.75) is 19.8 Å². The van der Waals surface area contributed by atoms with E-state index in [1.54, 1.807) is 9.80 Å². The third-order valence-corrected chi connectivity index (χ3v) is 4.38. The van der Waals surface area contributed by atoms with Crippen LogP contribution in [0.4, 0.5) is 17.1 Å². The van der Waals surface area contributed by atoms with Crippen molar-refractivity contribution in [2.75, 3.05) is 34.8 Å². The number of hydrogen-bond acceptors (Lipinski definition) is 3. The Kier molecular flexibility index (Phi) is 5.33. The van der Waals surface area contributed by atoms with Crippen LogP contribution in [0.3, 0.4) is 0 Å². The number of hydrogen-bond donors (Lipinski definition) is 1. The fraction of sp³-hybridized carbons (Fsp3) is 0.300. The van der Waals surface area contributed by atoms with Gasteiger partial charge < -0.3 is 15.1 Å². The van der Waals surface area contributed by atoms with E-state index in [2.05, 4.69) is 5.32 Å². The number of para-hydroxylation sites is 3. The molecule has 0 atom stereocenters. The van der Waals surface area contributed by atoms with E-state index in [0.29, 0.717) is 13.0 Å². The van der Waals surface area contributed by atoms with Gasteiger partial charge in [-0.05, 0) is 37.6 Å². The summed E-state index contributed by atoms with van der Waals surface area (Å²) in [4.78, 5) is 28.2. The van der Waals surface area contributed by atoms with Gasteiger partial charge in [-0.3, -0.25) is 9.59 Å². The van der Waals surface area contributed by atoms with Crippen molar-refractivity contribution >= 4 is 28.9 Å². The van der Waals surface area contributed by atoms with Crippen molar-refractivity contribution in [3.8, 4) is 0 Å². The van der Waals surface area contributed by atoms with Gasteiger partial charge in [0, 0.05) is 25.2 Å². The fourth-order valence-electron chi connectivity index (χ4n) is 3.14. The Bertz CT molecular complexity index is 746. The third-order valence-electron chi connectivity index (χ3n) is 4.38. The number of nitrogens with one attached hydrogen (secondary N) is 1. The lowest BCUT2D eigenvalue weighted by Crippen LogP contribution is -2.35. The average Bonchev–Trinajstić information content (AvgIpc) is 3.07. The van der Waals surface area contributed by atoms with Crippen molar-refractivity contribution in [2.24, 2.45) is 0 Å². The first kappa shape index (κ1) is 17.0. The van der Waals surface area contributed by atoms with E-state index in [-0.39, 0.29) is 18.4 Å². The minimum atomic E-state index is -0.00347. The second kappa shape index (κ2) is 7.83. The van der Waals surface area contributed by atoms with Crippen molar-refractivity contribution in [1.82, 2.24) is 0 Å². The van der Waals surface area contributed by atoms with Crippen LogP contribution in [0.15, 0.2) is 54.6 Å². The van der Waals surface area contributed by atoms with Crippen molar-refractivity contribution in [1.29, 1.82) is 0 Å². The van der Waals surface area contributed by atoms with Gasteiger partial charge >= 0.3 is 0 Å². The predicted molar refractivity (Wildman–Crippen MR) is 101 cm³/mol. The van der Waals surface area contributed by atoms with Gasteiger partial charge in [0.15, 0.2) is 0 Å². The Morgan fingerprint density at radius 1 is 1.12 bits per heavy atom. The molecule has 2 aromatic carbocycles. The van der Waals surface area contributed by atoms with Gasteiger partial charge in [0.25, 0.3) is 0 Å². The topological polar surface area (TPSA) is 52.7 Å². The number of likely N-dealkylation sites (N-methyl/N-ethyl adjacent to an activating group) is 1. The summed E-state index contributed by atoms with van der Waals surface area (Å²) in [6.45, 7) is 3.48. The van der Waals surface area contributed by atoms with Gasteiger partial charge in [-0.2, -0.15) is 0 Å². The van der Waals surface area contributed by atoms with Crippen LogP contribution in [0.25, 0.3) is 0 Å². The number of anilines is 3. The zero-order valence-corrected chi connectivity index (χ0v) is 14.4. The molecule has 1 N–H and O–H groups in total. The first-order valence-electron chi connectivity index (χ1n) is 8.69. The lowest BCUT2D eigenvalue weighted by Gasteiger charge is -2.23. The molecule has 2 amide bonds. The summed E-state index contributed by atoms with van der Waals surface area (Å²) in [7, 11) is 0. The van der Waals surface area contributed by atoms with E-state index in [0.717, 1.165) is 30.0 Å². The molecule has 0 aromatic heterocycles. The van der Waals surface area contributed by atoms with Crippen molar-refractivity contribution in [3.63, 3.8) is 0 Å². The fourth-order valence-corrected chi connectivity index (χ4v) is 3.14. The van der Waals surface area contributed by atoms with Gasteiger partial charge in [0.2, 0.25) is 11.8 Å². The van der Waals surface area contributed by atoms with E-state index >= 15 is 0 Å². The number of nitrogens with zero attached hydrogens (tertiary/aromatic N) is 2. The van der Waals surface area contributed by atoms with Gasteiger partial charge in [-0.1, -0.05) is 30.3 Å². The summed E-state index contributed by atoms with van der Waals surface area (Å²) in [6.07, 6.45) is 1.47. The normalized spacial score (nSPS) is 13.8. The van der Waals surface area contributed by atoms with Crippen LogP contribution in [0, 0.1) is 0 Å². The van der Waals surface area contributed by atoms with Crippen LogP contribution < -0.4 is 15.1 Å². The van der Waals surface area contributed by atoms with E-state index in [1.807, 2.05) is 61.5 Å². The molecule has 2 aromatic rings. The third kappa shape index (κ3) is 3.82. The first-order valence-corrected chi connectivity index (χ1v) is 8.69. The van der Waals surface area contributed by atoms with Crippen LogP contribution in [-0.2, 0) is 9.59 Å². The summed E-state index contributed by atoms with van der Waals surface area (Å²) in [5.74, 6) is 0.135. The van der Waals surface area contributed by atoms with E-state index in [1.165, 1.54) is 0 Å². The highest BCUT2D eigenvalue weighted by atomic mass is 16.2. The molecule has 0 aliphatic carbocycles.